The molecule has 15 heteroatoms. The highest BCUT2D eigenvalue weighted by molar-refractivity contribution is 7.98. The van der Waals surface area contributed by atoms with Gasteiger partial charge in [-0.05, 0) is 50.0 Å². The van der Waals surface area contributed by atoms with Gasteiger partial charge in [0.25, 0.3) is 0 Å². The number of thioether (sulfide) groups is 1. The molecule has 0 aliphatic rings. The third-order valence-electron chi connectivity index (χ3n) is 5.15. The number of nitrogens with one attached hydrogen (secondary N) is 3. The van der Waals surface area contributed by atoms with Gasteiger partial charge in [0.05, 0.1) is 6.04 Å². The summed E-state index contributed by atoms with van der Waals surface area (Å²) in [6.07, 6.45) is 2.03. The van der Waals surface area contributed by atoms with Crippen LogP contribution in [0.1, 0.15) is 52.4 Å². The Morgan fingerprint density at radius 1 is 0.865 bits per heavy atom. The molecule has 0 heterocycles. The maximum absolute atomic E-state index is 13.1. The summed E-state index contributed by atoms with van der Waals surface area (Å²) >= 11 is 1.46. The predicted octanol–water partition coefficient (Wildman–Crippen LogP) is -1.43. The average Bonchev–Trinajstić information content (AvgIpc) is 2.79. The van der Waals surface area contributed by atoms with E-state index in [0.29, 0.717) is 12.2 Å². The lowest BCUT2D eigenvalue weighted by Gasteiger charge is -2.25. The van der Waals surface area contributed by atoms with Gasteiger partial charge in [-0.3, -0.25) is 24.2 Å². The summed E-state index contributed by atoms with van der Waals surface area (Å²) in [4.78, 5) is 64.7. The molecule has 0 rings (SSSR count). The number of carboxylic acids is 2. The smallest absolute Gasteiger partial charge is 0.326 e. The molecule has 14 nitrogen and oxygen atoms in total. The fourth-order valence-electron chi connectivity index (χ4n) is 3.24. The Balaban J connectivity index is 5.62. The Bertz CT molecular complexity index is 806. The first-order valence-corrected chi connectivity index (χ1v) is 13.3. The van der Waals surface area contributed by atoms with Gasteiger partial charge >= 0.3 is 11.9 Å². The van der Waals surface area contributed by atoms with Crippen molar-refractivity contribution >= 4 is 47.4 Å². The molecular weight excluding hydrogens is 506 g/mol. The van der Waals surface area contributed by atoms with Gasteiger partial charge in [0.1, 0.15) is 18.1 Å². The molecule has 37 heavy (non-hydrogen) atoms. The van der Waals surface area contributed by atoms with Crippen molar-refractivity contribution in [1.82, 2.24) is 16.0 Å². The van der Waals surface area contributed by atoms with Crippen molar-refractivity contribution in [2.75, 3.05) is 18.6 Å². The van der Waals surface area contributed by atoms with E-state index in [1.54, 1.807) is 0 Å². The van der Waals surface area contributed by atoms with Gasteiger partial charge in [0, 0.05) is 13.0 Å². The molecule has 0 radical (unpaired) electrons. The van der Waals surface area contributed by atoms with Crippen molar-refractivity contribution in [2.45, 2.75) is 76.5 Å². The number of carbonyl (C=O) groups excluding carboxylic acids is 3. The maximum atomic E-state index is 13.1. The lowest BCUT2D eigenvalue weighted by atomic mass is 10.0. The molecule has 0 aromatic heterocycles. The van der Waals surface area contributed by atoms with E-state index < -0.39 is 60.2 Å². The van der Waals surface area contributed by atoms with Gasteiger partial charge in [-0.25, -0.2) is 4.79 Å². The summed E-state index contributed by atoms with van der Waals surface area (Å²) < 4.78 is 0. The Morgan fingerprint density at radius 2 is 1.41 bits per heavy atom. The minimum atomic E-state index is -1.47. The Kier molecular flexibility index (Phi) is 16.7. The third-order valence-corrected chi connectivity index (χ3v) is 5.79. The van der Waals surface area contributed by atoms with Crippen LogP contribution in [0.15, 0.2) is 4.99 Å². The standard InChI is InChI=1S/C22H41N7O7S/c1-12(2)11-13(23)18(32)27-15(8-10-37-3)20(34)28-14(5-4-9-26-22(24)25)19(33)29-16(21(35)36)6-7-17(30)31/h12-16H,4-11,23H2,1-3H3,(H,27,32)(H,28,34)(H,29,33)(H,30,31)(H,35,36)(H4,24,25,26). The molecule has 0 saturated carbocycles. The van der Waals surface area contributed by atoms with Gasteiger partial charge in [-0.2, -0.15) is 11.8 Å². The second kappa shape index (κ2) is 18.2. The van der Waals surface area contributed by atoms with Gasteiger partial charge in [-0.15, -0.1) is 0 Å². The van der Waals surface area contributed by atoms with Crippen LogP contribution in [0.5, 0.6) is 0 Å². The van der Waals surface area contributed by atoms with Crippen LogP contribution in [0, 0.1) is 5.92 Å². The van der Waals surface area contributed by atoms with Gasteiger partial charge < -0.3 is 43.4 Å². The third kappa shape index (κ3) is 15.6. The number of amides is 3. The number of carboxylic acid groups (broad SMARTS) is 2. The first kappa shape index (κ1) is 33.9. The van der Waals surface area contributed by atoms with Crippen molar-refractivity contribution in [3.05, 3.63) is 0 Å². The fraction of sp³-hybridized carbons (Fsp3) is 0.727. The Hall–Kier alpha value is -3.07. The molecule has 0 aliphatic carbocycles. The number of hydrogen-bond donors (Lipinski definition) is 8. The summed E-state index contributed by atoms with van der Waals surface area (Å²) in [5, 5.41) is 25.7. The van der Waals surface area contributed by atoms with Crippen LogP contribution < -0.4 is 33.2 Å². The van der Waals surface area contributed by atoms with E-state index in [1.807, 2.05) is 20.1 Å². The van der Waals surface area contributed by atoms with Crippen LogP contribution in [0.3, 0.4) is 0 Å². The van der Waals surface area contributed by atoms with E-state index in [2.05, 4.69) is 20.9 Å². The summed E-state index contributed by atoms with van der Waals surface area (Å²) in [7, 11) is 0. The molecule has 4 atom stereocenters. The first-order chi connectivity index (χ1) is 17.3. The van der Waals surface area contributed by atoms with Crippen LogP contribution in [0.4, 0.5) is 0 Å². The number of rotatable bonds is 19. The molecule has 0 fully saturated rings. The Labute approximate surface area is 220 Å². The van der Waals surface area contributed by atoms with Gasteiger partial charge in [0.2, 0.25) is 17.7 Å². The lowest BCUT2D eigenvalue weighted by molar-refractivity contribution is -0.143. The Morgan fingerprint density at radius 3 is 1.89 bits per heavy atom. The first-order valence-electron chi connectivity index (χ1n) is 11.9. The highest BCUT2D eigenvalue weighted by Crippen LogP contribution is 2.08. The molecule has 0 saturated heterocycles. The number of guanidine groups is 1. The van der Waals surface area contributed by atoms with Crippen molar-refractivity contribution in [3.8, 4) is 0 Å². The van der Waals surface area contributed by atoms with Crippen LogP contribution >= 0.6 is 11.8 Å². The second-order valence-electron chi connectivity index (χ2n) is 8.92. The molecule has 0 aromatic rings. The van der Waals surface area contributed by atoms with E-state index in [4.69, 9.17) is 22.3 Å². The molecule has 0 spiro atoms. The highest BCUT2D eigenvalue weighted by atomic mass is 32.2. The van der Waals surface area contributed by atoms with Crippen molar-refractivity contribution in [1.29, 1.82) is 0 Å². The minimum absolute atomic E-state index is 0.0513. The lowest BCUT2D eigenvalue weighted by Crippen LogP contribution is -2.57. The monoisotopic (exact) mass is 547 g/mol. The SMILES string of the molecule is CSCCC(NC(=O)C(N)CC(C)C)C(=O)NC(CCCN=C(N)N)C(=O)NC(CCC(=O)O)C(=O)O. The van der Waals surface area contributed by atoms with E-state index in [-0.39, 0.29) is 44.1 Å². The van der Waals surface area contributed by atoms with Gasteiger partial charge in [0.15, 0.2) is 5.96 Å². The number of aliphatic carboxylic acids is 2. The molecular formula is C22H41N7O7S. The van der Waals surface area contributed by atoms with E-state index in [9.17, 15) is 29.1 Å². The summed E-state index contributed by atoms with van der Waals surface area (Å²) in [5.41, 5.74) is 16.6. The van der Waals surface area contributed by atoms with Crippen molar-refractivity contribution < 1.29 is 34.2 Å². The van der Waals surface area contributed by atoms with Crippen LogP contribution in [0.25, 0.3) is 0 Å². The maximum Gasteiger partial charge on any atom is 0.326 e. The molecule has 212 valence electrons. The zero-order valence-corrected chi connectivity index (χ0v) is 22.4. The zero-order valence-electron chi connectivity index (χ0n) is 21.6. The number of hydrogen-bond acceptors (Lipinski definition) is 8. The van der Waals surface area contributed by atoms with Crippen LogP contribution in [-0.2, 0) is 24.0 Å². The highest BCUT2D eigenvalue weighted by Gasteiger charge is 2.30. The summed E-state index contributed by atoms with van der Waals surface area (Å²) in [5.74, 6) is -4.03. The molecule has 0 aliphatic heterocycles. The van der Waals surface area contributed by atoms with Crippen LogP contribution in [-0.4, -0.2) is 88.6 Å². The quantitative estimate of drug-likeness (QED) is 0.0528. The van der Waals surface area contributed by atoms with Crippen LogP contribution in [0.2, 0.25) is 0 Å². The molecule has 0 aromatic carbocycles. The molecule has 3 amide bonds. The topological polar surface area (TPSA) is 252 Å². The minimum Gasteiger partial charge on any atom is -0.481 e. The molecule has 4 unspecified atom stereocenters. The number of carbonyl (C=O) groups is 5. The summed E-state index contributed by atoms with van der Waals surface area (Å²) in [6, 6.07) is -4.45. The normalized spacial score (nSPS) is 14.1. The zero-order chi connectivity index (χ0) is 28.5. The van der Waals surface area contributed by atoms with E-state index in [1.165, 1.54) is 11.8 Å². The average molecular weight is 548 g/mol. The van der Waals surface area contributed by atoms with Crippen molar-refractivity contribution in [3.63, 3.8) is 0 Å². The van der Waals surface area contributed by atoms with E-state index in [0.717, 1.165) is 0 Å². The molecule has 0 bridgehead atoms. The molecule has 11 N–H and O–H groups in total. The fourth-order valence-corrected chi connectivity index (χ4v) is 3.71. The van der Waals surface area contributed by atoms with Gasteiger partial charge in [-0.1, -0.05) is 13.8 Å². The number of nitrogens with two attached hydrogens (primary N) is 3. The second-order valence-corrected chi connectivity index (χ2v) is 9.91. The largest absolute Gasteiger partial charge is 0.481 e. The van der Waals surface area contributed by atoms with Crippen molar-refractivity contribution in [2.24, 2.45) is 28.1 Å². The predicted molar refractivity (Wildman–Crippen MR) is 141 cm³/mol. The summed E-state index contributed by atoms with van der Waals surface area (Å²) in [6.45, 7) is 3.98. The van der Waals surface area contributed by atoms with E-state index >= 15 is 0 Å². The number of nitrogens with zero attached hydrogens (tertiary/aromatic N) is 1. The number of aliphatic imine (C=N–C) groups is 1.